The summed E-state index contributed by atoms with van der Waals surface area (Å²) in [6.45, 7) is 0. The number of pyridine rings is 1. The third kappa shape index (κ3) is 3.70. The predicted molar refractivity (Wildman–Crippen MR) is 70.6 cm³/mol. The third-order valence-electron chi connectivity index (χ3n) is 1.89. The molecule has 0 bridgehead atoms. The van der Waals surface area contributed by atoms with Gasteiger partial charge in [0.1, 0.15) is 0 Å². The average Bonchev–Trinajstić information content (AvgIpc) is 2.30. The summed E-state index contributed by atoms with van der Waals surface area (Å²) in [5, 5.41) is 11.2. The SMILES string of the molecule is O=C(Nc1cccnc1Cl)Sc1nc(O)cc(=O)[nH]1. The van der Waals surface area contributed by atoms with Crippen LogP contribution >= 0.6 is 23.4 Å². The monoisotopic (exact) mass is 298 g/mol. The number of nitrogens with one attached hydrogen (secondary N) is 2. The number of nitrogens with zero attached hydrogens (tertiary/aromatic N) is 2. The van der Waals surface area contributed by atoms with E-state index in [-0.39, 0.29) is 10.3 Å². The fourth-order valence-corrected chi connectivity index (χ4v) is 1.97. The molecule has 0 aromatic carbocycles. The van der Waals surface area contributed by atoms with Crippen molar-refractivity contribution in [3.05, 3.63) is 39.9 Å². The van der Waals surface area contributed by atoms with Crippen molar-refractivity contribution in [2.45, 2.75) is 5.16 Å². The van der Waals surface area contributed by atoms with Crippen LogP contribution in [-0.2, 0) is 0 Å². The Labute approximate surface area is 116 Å². The maximum absolute atomic E-state index is 11.7. The second-order valence-electron chi connectivity index (χ2n) is 3.27. The summed E-state index contributed by atoms with van der Waals surface area (Å²) in [7, 11) is 0. The summed E-state index contributed by atoms with van der Waals surface area (Å²) < 4.78 is 0. The molecule has 0 saturated heterocycles. The number of amides is 1. The van der Waals surface area contributed by atoms with Gasteiger partial charge in [0, 0.05) is 18.0 Å². The van der Waals surface area contributed by atoms with E-state index in [9.17, 15) is 9.59 Å². The quantitative estimate of drug-likeness (QED) is 0.443. The summed E-state index contributed by atoms with van der Waals surface area (Å²) in [5.74, 6) is -0.460. The van der Waals surface area contributed by atoms with Gasteiger partial charge in [-0.2, -0.15) is 4.98 Å². The lowest BCUT2D eigenvalue weighted by Crippen LogP contribution is -2.10. The maximum Gasteiger partial charge on any atom is 0.291 e. The number of aromatic amines is 1. The van der Waals surface area contributed by atoms with Crippen LogP contribution in [0.2, 0.25) is 5.15 Å². The molecule has 0 aliphatic heterocycles. The predicted octanol–water partition coefficient (Wildman–Crippen LogP) is 1.85. The van der Waals surface area contributed by atoms with Gasteiger partial charge in [-0.05, 0) is 12.1 Å². The summed E-state index contributed by atoms with van der Waals surface area (Å²) in [6, 6.07) is 4.09. The van der Waals surface area contributed by atoms with Gasteiger partial charge in [0.05, 0.1) is 11.8 Å². The lowest BCUT2D eigenvalue weighted by molar-refractivity contribution is 0.269. The van der Waals surface area contributed by atoms with Crippen LogP contribution in [0.1, 0.15) is 0 Å². The molecule has 2 rings (SSSR count). The van der Waals surface area contributed by atoms with Crippen LogP contribution < -0.4 is 10.9 Å². The molecule has 0 saturated carbocycles. The molecule has 9 heteroatoms. The minimum Gasteiger partial charge on any atom is -0.493 e. The van der Waals surface area contributed by atoms with E-state index in [0.717, 1.165) is 6.07 Å². The van der Waals surface area contributed by atoms with Gasteiger partial charge in [0.15, 0.2) is 10.3 Å². The lowest BCUT2D eigenvalue weighted by atomic mass is 10.4. The number of thioether (sulfide) groups is 1. The van der Waals surface area contributed by atoms with E-state index in [2.05, 4.69) is 20.3 Å². The Kier molecular flexibility index (Phi) is 4.03. The Morgan fingerprint density at radius 3 is 3.00 bits per heavy atom. The van der Waals surface area contributed by atoms with Crippen LogP contribution in [0.25, 0.3) is 0 Å². The Hall–Kier alpha value is -2.06. The summed E-state index contributed by atoms with van der Waals surface area (Å²) in [4.78, 5) is 32.4. The fourth-order valence-electron chi connectivity index (χ4n) is 1.17. The second kappa shape index (κ2) is 5.72. The molecule has 98 valence electrons. The van der Waals surface area contributed by atoms with Crippen LogP contribution in [0, 0.1) is 0 Å². The van der Waals surface area contributed by atoms with Gasteiger partial charge in [0.25, 0.3) is 10.8 Å². The van der Waals surface area contributed by atoms with Gasteiger partial charge in [-0.3, -0.25) is 9.59 Å². The molecule has 0 unspecified atom stereocenters. The molecule has 0 fully saturated rings. The van der Waals surface area contributed by atoms with Crippen molar-refractivity contribution in [1.82, 2.24) is 15.0 Å². The highest BCUT2D eigenvalue weighted by Crippen LogP contribution is 2.21. The minimum absolute atomic E-state index is 0.0255. The first kappa shape index (κ1) is 13.4. The summed E-state index contributed by atoms with van der Waals surface area (Å²) in [5.41, 5.74) is -0.216. The highest BCUT2D eigenvalue weighted by atomic mass is 35.5. The van der Waals surface area contributed by atoms with E-state index in [1.165, 1.54) is 6.20 Å². The molecule has 0 radical (unpaired) electrons. The molecule has 1 amide bonds. The van der Waals surface area contributed by atoms with Gasteiger partial charge in [-0.1, -0.05) is 11.6 Å². The van der Waals surface area contributed by atoms with Crippen LogP contribution in [0.15, 0.2) is 34.3 Å². The molecule has 7 nitrogen and oxygen atoms in total. The zero-order valence-electron chi connectivity index (χ0n) is 9.25. The van der Waals surface area contributed by atoms with Crippen molar-refractivity contribution in [3.8, 4) is 5.88 Å². The van der Waals surface area contributed by atoms with E-state index in [0.29, 0.717) is 17.4 Å². The normalized spacial score (nSPS) is 10.2. The van der Waals surface area contributed by atoms with Crippen LogP contribution in [0.4, 0.5) is 10.5 Å². The molecular formula is C10H7ClN4O3S. The molecule has 2 heterocycles. The number of carbonyl (C=O) groups is 1. The van der Waals surface area contributed by atoms with Crippen molar-refractivity contribution < 1.29 is 9.90 Å². The topological polar surface area (TPSA) is 108 Å². The van der Waals surface area contributed by atoms with Gasteiger partial charge in [-0.25, -0.2) is 4.98 Å². The number of hydrogen-bond donors (Lipinski definition) is 3. The maximum atomic E-state index is 11.7. The summed E-state index contributed by atoms with van der Waals surface area (Å²) >= 11 is 6.39. The summed E-state index contributed by atoms with van der Waals surface area (Å²) in [6.07, 6.45) is 1.49. The van der Waals surface area contributed by atoms with Crippen molar-refractivity contribution in [3.63, 3.8) is 0 Å². The van der Waals surface area contributed by atoms with E-state index >= 15 is 0 Å². The number of halogens is 1. The molecule has 3 N–H and O–H groups in total. The zero-order valence-corrected chi connectivity index (χ0v) is 10.8. The van der Waals surface area contributed by atoms with Gasteiger partial charge >= 0.3 is 0 Å². The third-order valence-corrected chi connectivity index (χ3v) is 2.87. The Morgan fingerprint density at radius 2 is 2.32 bits per heavy atom. The zero-order chi connectivity index (χ0) is 13.8. The number of carbonyl (C=O) groups excluding carboxylic acids is 1. The van der Waals surface area contributed by atoms with Gasteiger partial charge in [-0.15, -0.1) is 0 Å². The van der Waals surface area contributed by atoms with Gasteiger partial charge < -0.3 is 15.4 Å². The number of aromatic hydroxyl groups is 1. The largest absolute Gasteiger partial charge is 0.493 e. The molecule has 0 atom stereocenters. The minimum atomic E-state index is -0.554. The Bertz CT molecular complexity index is 676. The molecule has 19 heavy (non-hydrogen) atoms. The van der Waals surface area contributed by atoms with Crippen LogP contribution in [-0.4, -0.2) is 25.3 Å². The van der Waals surface area contributed by atoms with Crippen LogP contribution in [0.5, 0.6) is 5.88 Å². The fraction of sp³-hybridized carbons (Fsp3) is 0. The molecule has 2 aromatic rings. The first-order valence-electron chi connectivity index (χ1n) is 4.94. The molecule has 0 aliphatic carbocycles. The molecule has 2 aromatic heterocycles. The highest BCUT2D eigenvalue weighted by molar-refractivity contribution is 8.13. The van der Waals surface area contributed by atoms with E-state index < -0.39 is 16.7 Å². The molecular weight excluding hydrogens is 292 g/mol. The van der Waals surface area contributed by atoms with Crippen LogP contribution in [0.3, 0.4) is 0 Å². The number of anilines is 1. The average molecular weight is 299 g/mol. The van der Waals surface area contributed by atoms with Crippen molar-refractivity contribution in [1.29, 1.82) is 0 Å². The van der Waals surface area contributed by atoms with E-state index in [1.807, 2.05) is 0 Å². The van der Waals surface area contributed by atoms with E-state index in [4.69, 9.17) is 16.7 Å². The smallest absolute Gasteiger partial charge is 0.291 e. The van der Waals surface area contributed by atoms with Crippen molar-refractivity contribution in [2.75, 3.05) is 5.32 Å². The van der Waals surface area contributed by atoms with Crippen molar-refractivity contribution >= 4 is 34.3 Å². The second-order valence-corrected chi connectivity index (χ2v) is 4.58. The first-order valence-corrected chi connectivity index (χ1v) is 6.14. The van der Waals surface area contributed by atoms with Crippen molar-refractivity contribution in [2.24, 2.45) is 0 Å². The molecule has 0 spiro atoms. The Morgan fingerprint density at radius 1 is 1.53 bits per heavy atom. The highest BCUT2D eigenvalue weighted by Gasteiger charge is 2.10. The first-order chi connectivity index (χ1) is 9.04. The van der Waals surface area contributed by atoms with E-state index in [1.54, 1.807) is 12.1 Å². The van der Waals surface area contributed by atoms with Gasteiger partial charge in [0.2, 0.25) is 5.88 Å². The number of rotatable bonds is 2. The number of hydrogen-bond acceptors (Lipinski definition) is 6. The molecule has 0 aliphatic rings. The standard InChI is InChI=1S/C10H7ClN4O3S/c11-8-5(2-1-3-12-8)13-10(18)19-9-14-6(16)4-7(17)15-9/h1-4H,(H,13,18)(H2,14,15,16,17). The lowest BCUT2D eigenvalue weighted by Gasteiger charge is -2.05. The Balaban J connectivity index is 2.10. The number of aromatic nitrogens is 3. The number of H-pyrrole nitrogens is 1.